The molecule has 0 bridgehead atoms. The fourth-order valence-corrected chi connectivity index (χ4v) is 2.96. The number of halogens is 3. The van der Waals surface area contributed by atoms with Crippen molar-refractivity contribution in [3.8, 4) is 11.3 Å². The van der Waals surface area contributed by atoms with Crippen molar-refractivity contribution in [2.24, 2.45) is 0 Å². The molecule has 0 spiro atoms. The third-order valence-corrected chi connectivity index (χ3v) is 4.46. The molecule has 4 nitrogen and oxygen atoms in total. The fourth-order valence-electron chi connectivity index (χ4n) is 2.30. The van der Waals surface area contributed by atoms with E-state index in [2.05, 4.69) is 15.3 Å². The van der Waals surface area contributed by atoms with Gasteiger partial charge in [-0.25, -0.2) is 9.97 Å². The molecule has 3 rings (SSSR count). The summed E-state index contributed by atoms with van der Waals surface area (Å²) in [4.78, 5) is 20.4. The lowest BCUT2D eigenvalue weighted by atomic mass is 10.1. The number of nitrogens with zero attached hydrogens (tertiary/aromatic N) is 2. The van der Waals surface area contributed by atoms with Crippen LogP contribution in [0.25, 0.3) is 11.3 Å². The Balaban J connectivity index is 1.62. The Morgan fingerprint density at radius 2 is 1.78 bits per heavy atom. The van der Waals surface area contributed by atoms with Crippen molar-refractivity contribution in [2.45, 2.75) is 11.2 Å². The molecule has 0 atom stereocenters. The first-order chi connectivity index (χ1) is 12.9. The number of nitrogens with one attached hydrogen (secondary N) is 1. The SMILES string of the molecule is O=C(CSc1cc(-c2ccccc2)ncn1)Nc1cccc(C(F)(F)F)c1. The molecule has 8 heteroatoms. The Morgan fingerprint density at radius 1 is 1.00 bits per heavy atom. The number of rotatable bonds is 5. The van der Waals surface area contributed by atoms with Gasteiger partial charge in [-0.15, -0.1) is 0 Å². The Kier molecular flexibility index (Phi) is 5.75. The summed E-state index contributed by atoms with van der Waals surface area (Å²) in [6, 6.07) is 15.8. The van der Waals surface area contributed by atoms with E-state index in [0.29, 0.717) is 5.03 Å². The van der Waals surface area contributed by atoms with Crippen LogP contribution in [0.1, 0.15) is 5.56 Å². The van der Waals surface area contributed by atoms with Gasteiger partial charge in [-0.2, -0.15) is 13.2 Å². The third-order valence-electron chi connectivity index (χ3n) is 3.54. The molecule has 27 heavy (non-hydrogen) atoms. The van der Waals surface area contributed by atoms with Gasteiger partial charge in [0.2, 0.25) is 5.91 Å². The maximum atomic E-state index is 12.7. The average molecular weight is 389 g/mol. The van der Waals surface area contributed by atoms with Gasteiger partial charge in [0.1, 0.15) is 11.4 Å². The highest BCUT2D eigenvalue weighted by Gasteiger charge is 2.30. The Bertz CT molecular complexity index is 933. The number of amides is 1. The topological polar surface area (TPSA) is 54.9 Å². The third kappa shape index (κ3) is 5.30. The van der Waals surface area contributed by atoms with Crippen molar-refractivity contribution in [1.82, 2.24) is 9.97 Å². The van der Waals surface area contributed by atoms with Crippen LogP contribution in [0.4, 0.5) is 18.9 Å². The normalized spacial score (nSPS) is 11.2. The summed E-state index contributed by atoms with van der Waals surface area (Å²) in [6.07, 6.45) is -3.04. The van der Waals surface area contributed by atoms with E-state index in [4.69, 9.17) is 0 Å². The smallest absolute Gasteiger partial charge is 0.325 e. The largest absolute Gasteiger partial charge is 0.416 e. The van der Waals surface area contributed by atoms with Crippen LogP contribution in [-0.4, -0.2) is 21.6 Å². The minimum absolute atomic E-state index is 0.0154. The van der Waals surface area contributed by atoms with Gasteiger partial charge in [0.25, 0.3) is 0 Å². The average Bonchev–Trinajstić information content (AvgIpc) is 2.67. The van der Waals surface area contributed by atoms with Gasteiger partial charge in [0, 0.05) is 11.3 Å². The van der Waals surface area contributed by atoms with E-state index >= 15 is 0 Å². The van der Waals surface area contributed by atoms with Gasteiger partial charge in [0.15, 0.2) is 0 Å². The molecule has 0 unspecified atom stereocenters. The van der Waals surface area contributed by atoms with Gasteiger partial charge >= 0.3 is 6.18 Å². The van der Waals surface area contributed by atoms with E-state index in [1.54, 1.807) is 6.07 Å². The lowest BCUT2D eigenvalue weighted by Crippen LogP contribution is -2.15. The molecular formula is C19H14F3N3OS. The second-order valence-electron chi connectivity index (χ2n) is 5.52. The monoisotopic (exact) mass is 389 g/mol. The highest BCUT2D eigenvalue weighted by atomic mass is 32.2. The number of benzene rings is 2. The summed E-state index contributed by atoms with van der Waals surface area (Å²) in [7, 11) is 0. The van der Waals surface area contributed by atoms with E-state index in [1.807, 2.05) is 30.3 Å². The van der Waals surface area contributed by atoms with Crippen LogP contribution in [0.3, 0.4) is 0 Å². The number of alkyl halides is 3. The van der Waals surface area contributed by atoms with Crippen molar-refractivity contribution in [1.29, 1.82) is 0 Å². The number of anilines is 1. The lowest BCUT2D eigenvalue weighted by molar-refractivity contribution is -0.137. The number of thioether (sulfide) groups is 1. The maximum Gasteiger partial charge on any atom is 0.416 e. The number of carbonyl (C=O) groups excluding carboxylic acids is 1. The number of aromatic nitrogens is 2. The molecule has 0 saturated carbocycles. The maximum absolute atomic E-state index is 12.7. The van der Waals surface area contributed by atoms with Gasteiger partial charge in [-0.3, -0.25) is 4.79 Å². The van der Waals surface area contributed by atoms with Crippen molar-refractivity contribution in [3.63, 3.8) is 0 Å². The van der Waals surface area contributed by atoms with E-state index < -0.39 is 17.6 Å². The zero-order chi connectivity index (χ0) is 19.3. The van der Waals surface area contributed by atoms with Gasteiger partial charge in [-0.05, 0) is 24.3 Å². The molecule has 1 amide bonds. The minimum atomic E-state index is -4.45. The number of hydrogen-bond acceptors (Lipinski definition) is 4. The van der Waals surface area contributed by atoms with Crippen LogP contribution in [0.5, 0.6) is 0 Å². The van der Waals surface area contributed by atoms with Crippen LogP contribution >= 0.6 is 11.8 Å². The molecular weight excluding hydrogens is 375 g/mol. The van der Waals surface area contributed by atoms with Crippen molar-refractivity contribution in [2.75, 3.05) is 11.1 Å². The predicted molar refractivity (Wildman–Crippen MR) is 98.3 cm³/mol. The van der Waals surface area contributed by atoms with Gasteiger partial charge in [0.05, 0.1) is 17.0 Å². The molecule has 3 aromatic rings. The Hall–Kier alpha value is -2.87. The van der Waals surface area contributed by atoms with Crippen LogP contribution in [-0.2, 0) is 11.0 Å². The molecule has 0 aliphatic rings. The summed E-state index contributed by atoms with van der Waals surface area (Å²) in [5, 5.41) is 3.07. The Morgan fingerprint density at radius 3 is 2.52 bits per heavy atom. The zero-order valence-corrected chi connectivity index (χ0v) is 14.7. The molecule has 0 fully saturated rings. The fraction of sp³-hybridized carbons (Fsp3) is 0.105. The summed E-state index contributed by atoms with van der Waals surface area (Å²) >= 11 is 1.18. The first-order valence-corrected chi connectivity index (χ1v) is 8.88. The summed E-state index contributed by atoms with van der Waals surface area (Å²) in [6.45, 7) is 0. The quantitative estimate of drug-likeness (QED) is 0.498. The number of hydrogen-bond donors (Lipinski definition) is 1. The van der Waals surface area contributed by atoms with Crippen molar-refractivity contribution in [3.05, 3.63) is 72.6 Å². The molecule has 138 valence electrons. The minimum Gasteiger partial charge on any atom is -0.325 e. The first kappa shape index (κ1) is 18.9. The summed E-state index contributed by atoms with van der Waals surface area (Å²) in [5.74, 6) is -0.402. The first-order valence-electron chi connectivity index (χ1n) is 7.89. The second kappa shape index (κ2) is 8.22. The van der Waals surface area contributed by atoms with E-state index in [0.717, 1.165) is 23.4 Å². The summed E-state index contributed by atoms with van der Waals surface area (Å²) in [5.41, 5.74) is 0.945. The zero-order valence-electron chi connectivity index (χ0n) is 13.9. The predicted octanol–water partition coefficient (Wildman–Crippen LogP) is 4.89. The highest BCUT2D eigenvalue weighted by molar-refractivity contribution is 7.99. The van der Waals surface area contributed by atoms with Crippen LogP contribution in [0, 0.1) is 0 Å². The van der Waals surface area contributed by atoms with Crippen LogP contribution in [0.2, 0.25) is 0 Å². The highest BCUT2D eigenvalue weighted by Crippen LogP contribution is 2.30. The van der Waals surface area contributed by atoms with Crippen LogP contribution < -0.4 is 5.32 Å². The van der Waals surface area contributed by atoms with E-state index in [-0.39, 0.29) is 11.4 Å². The van der Waals surface area contributed by atoms with E-state index in [1.165, 1.54) is 30.2 Å². The van der Waals surface area contributed by atoms with Gasteiger partial charge < -0.3 is 5.32 Å². The second-order valence-corrected chi connectivity index (χ2v) is 6.52. The molecule has 0 radical (unpaired) electrons. The molecule has 1 aromatic heterocycles. The number of carbonyl (C=O) groups is 1. The molecule has 0 saturated heterocycles. The molecule has 2 aromatic carbocycles. The molecule has 0 aliphatic heterocycles. The molecule has 1 heterocycles. The van der Waals surface area contributed by atoms with Gasteiger partial charge in [-0.1, -0.05) is 48.2 Å². The Labute approximate surface area is 157 Å². The van der Waals surface area contributed by atoms with Crippen molar-refractivity contribution >= 4 is 23.4 Å². The van der Waals surface area contributed by atoms with Crippen molar-refractivity contribution < 1.29 is 18.0 Å². The summed E-state index contributed by atoms with van der Waals surface area (Å²) < 4.78 is 38.2. The standard InChI is InChI=1S/C19H14F3N3OS/c20-19(21,22)14-7-4-8-15(9-14)25-17(26)11-27-18-10-16(23-12-24-18)13-5-2-1-3-6-13/h1-10,12H,11H2,(H,25,26). The van der Waals surface area contributed by atoms with Crippen LogP contribution in [0.15, 0.2) is 72.0 Å². The molecule has 0 aliphatic carbocycles. The van der Waals surface area contributed by atoms with E-state index in [9.17, 15) is 18.0 Å². The molecule has 1 N–H and O–H groups in total. The lowest BCUT2D eigenvalue weighted by Gasteiger charge is -2.10.